The largest absolute Gasteiger partial charge is 0.354 e. The molecule has 3 amide bonds. The van der Waals surface area contributed by atoms with Crippen molar-refractivity contribution < 1.29 is 9.59 Å². The molecule has 0 fully saturated rings. The first-order valence-electron chi connectivity index (χ1n) is 8.47. The number of nitrogens with zero attached hydrogens (tertiary/aromatic N) is 2. The lowest BCUT2D eigenvalue weighted by Crippen LogP contribution is -2.36. The molecule has 0 saturated heterocycles. The average molecular weight is 343 g/mol. The van der Waals surface area contributed by atoms with Crippen LogP contribution in [0.4, 0.5) is 10.5 Å². The fraction of sp³-hybridized carbons (Fsp3) is 0.389. The molecule has 0 unspecified atom stereocenters. The predicted molar refractivity (Wildman–Crippen MR) is 97.3 cm³/mol. The van der Waals surface area contributed by atoms with Gasteiger partial charge in [-0.2, -0.15) is 5.10 Å². The van der Waals surface area contributed by atoms with Crippen molar-refractivity contribution in [3.05, 3.63) is 48.3 Å². The molecule has 0 bridgehead atoms. The van der Waals surface area contributed by atoms with Gasteiger partial charge >= 0.3 is 6.03 Å². The van der Waals surface area contributed by atoms with Crippen LogP contribution in [-0.2, 0) is 11.3 Å². The highest BCUT2D eigenvalue weighted by Gasteiger charge is 2.07. The number of nitrogens with one attached hydrogen (secondary N) is 3. The Labute approximate surface area is 147 Å². The Morgan fingerprint density at radius 2 is 2.00 bits per heavy atom. The SMILES string of the molecule is CC[C@H](C)NC(=O)CCNC(=O)Nc1ccc(Cn2cccn2)cc1. The van der Waals surface area contributed by atoms with E-state index in [2.05, 4.69) is 21.0 Å². The Balaban J connectivity index is 1.70. The van der Waals surface area contributed by atoms with E-state index in [0.29, 0.717) is 18.8 Å². The molecule has 2 rings (SSSR count). The van der Waals surface area contributed by atoms with Crippen LogP contribution in [0.3, 0.4) is 0 Å². The van der Waals surface area contributed by atoms with E-state index >= 15 is 0 Å². The van der Waals surface area contributed by atoms with Gasteiger partial charge in [-0.25, -0.2) is 4.79 Å². The summed E-state index contributed by atoms with van der Waals surface area (Å²) in [5.41, 5.74) is 1.79. The first-order valence-corrected chi connectivity index (χ1v) is 8.47. The molecule has 0 aliphatic rings. The van der Waals surface area contributed by atoms with Crippen molar-refractivity contribution in [3.8, 4) is 0 Å². The standard InChI is InChI=1S/C18H25N5O2/c1-3-14(2)21-17(24)9-11-19-18(25)22-16-7-5-15(6-8-16)13-23-12-4-10-20-23/h4-8,10,12,14H,3,9,11,13H2,1-2H3,(H,21,24)(H2,19,22,25)/t14-/m0/s1. The van der Waals surface area contributed by atoms with E-state index in [4.69, 9.17) is 0 Å². The van der Waals surface area contributed by atoms with Gasteiger partial charge in [0.25, 0.3) is 0 Å². The Bertz CT molecular complexity index is 667. The molecule has 0 saturated carbocycles. The van der Waals surface area contributed by atoms with Gasteiger partial charge in [-0.1, -0.05) is 19.1 Å². The van der Waals surface area contributed by atoms with Gasteiger partial charge in [0.05, 0.1) is 6.54 Å². The molecule has 1 atom stereocenters. The van der Waals surface area contributed by atoms with Crippen molar-refractivity contribution in [1.29, 1.82) is 0 Å². The molecule has 0 aliphatic carbocycles. The highest BCUT2D eigenvalue weighted by Crippen LogP contribution is 2.10. The van der Waals surface area contributed by atoms with Crippen LogP contribution < -0.4 is 16.0 Å². The Hall–Kier alpha value is -2.83. The van der Waals surface area contributed by atoms with Gasteiger partial charge in [0, 0.05) is 37.1 Å². The van der Waals surface area contributed by atoms with Crippen LogP contribution in [-0.4, -0.2) is 34.3 Å². The number of amides is 3. The number of carbonyl (C=O) groups is 2. The summed E-state index contributed by atoms with van der Waals surface area (Å²) < 4.78 is 1.83. The summed E-state index contributed by atoms with van der Waals surface area (Å²) in [7, 11) is 0. The van der Waals surface area contributed by atoms with Gasteiger partial charge in [0.15, 0.2) is 0 Å². The quantitative estimate of drug-likeness (QED) is 0.687. The van der Waals surface area contributed by atoms with Crippen LogP contribution in [0.2, 0.25) is 0 Å². The minimum absolute atomic E-state index is 0.0578. The van der Waals surface area contributed by atoms with Crippen molar-refractivity contribution in [2.24, 2.45) is 0 Å². The Kier molecular flexibility index (Phi) is 7.00. The maximum absolute atomic E-state index is 11.8. The molecule has 1 heterocycles. The molecule has 0 spiro atoms. The van der Waals surface area contributed by atoms with Crippen molar-refractivity contribution >= 4 is 17.6 Å². The van der Waals surface area contributed by atoms with Crippen molar-refractivity contribution in [3.63, 3.8) is 0 Å². The fourth-order valence-corrected chi connectivity index (χ4v) is 2.19. The number of carbonyl (C=O) groups excluding carboxylic acids is 2. The van der Waals surface area contributed by atoms with E-state index in [1.54, 1.807) is 6.20 Å². The number of hydrogen-bond donors (Lipinski definition) is 3. The lowest BCUT2D eigenvalue weighted by Gasteiger charge is -2.12. The lowest BCUT2D eigenvalue weighted by atomic mass is 10.2. The highest BCUT2D eigenvalue weighted by molar-refractivity contribution is 5.89. The molecular weight excluding hydrogens is 318 g/mol. The average Bonchev–Trinajstić information content (AvgIpc) is 3.09. The highest BCUT2D eigenvalue weighted by atomic mass is 16.2. The van der Waals surface area contributed by atoms with Crippen molar-refractivity contribution in [2.45, 2.75) is 39.3 Å². The van der Waals surface area contributed by atoms with E-state index in [1.165, 1.54) is 0 Å². The number of urea groups is 1. The zero-order chi connectivity index (χ0) is 18.1. The normalized spacial score (nSPS) is 11.6. The van der Waals surface area contributed by atoms with Crippen molar-refractivity contribution in [1.82, 2.24) is 20.4 Å². The van der Waals surface area contributed by atoms with Gasteiger partial charge < -0.3 is 16.0 Å². The van der Waals surface area contributed by atoms with Crippen LogP contribution in [0.5, 0.6) is 0 Å². The molecule has 7 nitrogen and oxygen atoms in total. The first kappa shape index (κ1) is 18.5. The number of benzene rings is 1. The second-order valence-electron chi connectivity index (χ2n) is 5.91. The summed E-state index contributed by atoms with van der Waals surface area (Å²) in [4.78, 5) is 23.5. The van der Waals surface area contributed by atoms with E-state index in [0.717, 1.165) is 12.0 Å². The fourth-order valence-electron chi connectivity index (χ4n) is 2.19. The van der Waals surface area contributed by atoms with Crippen LogP contribution in [0.1, 0.15) is 32.3 Å². The second kappa shape index (κ2) is 9.46. The summed E-state index contributed by atoms with van der Waals surface area (Å²) in [6, 6.07) is 9.27. The monoisotopic (exact) mass is 343 g/mol. The zero-order valence-corrected chi connectivity index (χ0v) is 14.7. The maximum Gasteiger partial charge on any atom is 0.319 e. The lowest BCUT2D eigenvalue weighted by molar-refractivity contribution is -0.121. The van der Waals surface area contributed by atoms with Crippen molar-refractivity contribution in [2.75, 3.05) is 11.9 Å². The van der Waals surface area contributed by atoms with E-state index in [1.807, 2.05) is 55.1 Å². The second-order valence-corrected chi connectivity index (χ2v) is 5.91. The molecule has 2 aromatic rings. The van der Waals surface area contributed by atoms with Gasteiger partial charge in [0.2, 0.25) is 5.91 Å². The topological polar surface area (TPSA) is 88.0 Å². The third kappa shape index (κ3) is 6.66. The molecule has 0 aliphatic heterocycles. The molecule has 3 N–H and O–H groups in total. The van der Waals surface area contributed by atoms with Gasteiger partial charge in [-0.05, 0) is 37.1 Å². The summed E-state index contributed by atoms with van der Waals surface area (Å²) in [6.07, 6.45) is 4.79. The Morgan fingerprint density at radius 3 is 2.64 bits per heavy atom. The van der Waals surface area contributed by atoms with Crippen LogP contribution in [0.15, 0.2) is 42.7 Å². The molecule has 1 aromatic heterocycles. The zero-order valence-electron chi connectivity index (χ0n) is 14.7. The van der Waals surface area contributed by atoms with E-state index in [-0.39, 0.29) is 24.4 Å². The third-order valence-corrected chi connectivity index (χ3v) is 3.77. The van der Waals surface area contributed by atoms with Crippen LogP contribution >= 0.6 is 0 Å². The predicted octanol–water partition coefficient (Wildman–Crippen LogP) is 2.36. The van der Waals surface area contributed by atoms with Gasteiger partial charge in [-0.3, -0.25) is 9.48 Å². The molecule has 7 heteroatoms. The number of hydrogen-bond acceptors (Lipinski definition) is 3. The minimum atomic E-state index is -0.323. The Morgan fingerprint density at radius 1 is 1.24 bits per heavy atom. The van der Waals surface area contributed by atoms with E-state index in [9.17, 15) is 9.59 Å². The minimum Gasteiger partial charge on any atom is -0.354 e. The first-order chi connectivity index (χ1) is 12.1. The molecule has 25 heavy (non-hydrogen) atoms. The molecular formula is C18H25N5O2. The third-order valence-electron chi connectivity index (χ3n) is 3.77. The van der Waals surface area contributed by atoms with E-state index < -0.39 is 0 Å². The number of anilines is 1. The van der Waals surface area contributed by atoms with Crippen LogP contribution in [0.25, 0.3) is 0 Å². The molecule has 1 aromatic carbocycles. The summed E-state index contributed by atoms with van der Waals surface area (Å²) in [6.45, 7) is 4.95. The summed E-state index contributed by atoms with van der Waals surface area (Å²) in [5.74, 6) is -0.0578. The van der Waals surface area contributed by atoms with Crippen LogP contribution in [0, 0.1) is 0 Å². The van der Waals surface area contributed by atoms with Gasteiger partial charge in [0.1, 0.15) is 0 Å². The smallest absolute Gasteiger partial charge is 0.319 e. The number of aromatic nitrogens is 2. The molecule has 134 valence electrons. The number of rotatable bonds is 8. The maximum atomic E-state index is 11.8. The van der Waals surface area contributed by atoms with Gasteiger partial charge in [-0.15, -0.1) is 0 Å². The molecule has 0 radical (unpaired) electrons. The summed E-state index contributed by atoms with van der Waals surface area (Å²) in [5, 5.41) is 12.4. The summed E-state index contributed by atoms with van der Waals surface area (Å²) >= 11 is 0.